The molecule has 3 rings (SSSR count). The summed E-state index contributed by atoms with van der Waals surface area (Å²) in [5.41, 5.74) is 0. The van der Waals surface area contributed by atoms with E-state index in [1.54, 1.807) is 0 Å². The number of carbonyl (C=O) groups is 1. The van der Waals surface area contributed by atoms with E-state index in [9.17, 15) is 4.79 Å². The van der Waals surface area contributed by atoms with Crippen LogP contribution in [0.5, 0.6) is 11.5 Å². The minimum atomic E-state index is -0.0870. The van der Waals surface area contributed by atoms with Gasteiger partial charge in [0.2, 0.25) is 5.91 Å². The number of benzene rings is 1. The van der Waals surface area contributed by atoms with Gasteiger partial charge in [0.05, 0.1) is 12.6 Å². The molecule has 2 fully saturated rings. The van der Waals surface area contributed by atoms with E-state index >= 15 is 0 Å². The second kappa shape index (κ2) is 10.3. The summed E-state index contributed by atoms with van der Waals surface area (Å²) in [6.45, 7) is 11.0. The maximum Gasteiger partial charge on any atom is 0.237 e. The van der Waals surface area contributed by atoms with Crippen LogP contribution in [0.1, 0.15) is 59.8 Å². The standard InChI is InChI=1S/C24H38N2O3/c1-5-28-22-11-6-7-12-23(22)29-20-13-15-26(16-14-20)19(4)24(27)25-21-10-8-9-17(2)18(21)3/h6-7,11-12,17-21H,5,8-10,13-16H2,1-4H3,(H,25,27). The first-order valence-electron chi connectivity index (χ1n) is 11.4. The molecule has 4 atom stereocenters. The molecule has 5 nitrogen and oxygen atoms in total. The maximum atomic E-state index is 12.9. The van der Waals surface area contributed by atoms with Gasteiger partial charge in [0.1, 0.15) is 6.10 Å². The van der Waals surface area contributed by atoms with E-state index in [1.807, 2.05) is 38.1 Å². The highest BCUT2D eigenvalue weighted by Crippen LogP contribution is 2.31. The zero-order chi connectivity index (χ0) is 20.8. The van der Waals surface area contributed by atoms with Crippen LogP contribution in [0.25, 0.3) is 0 Å². The van der Waals surface area contributed by atoms with Crippen LogP contribution < -0.4 is 14.8 Å². The van der Waals surface area contributed by atoms with Crippen molar-refractivity contribution in [1.82, 2.24) is 10.2 Å². The van der Waals surface area contributed by atoms with Crippen LogP contribution in [0.3, 0.4) is 0 Å². The predicted molar refractivity (Wildman–Crippen MR) is 116 cm³/mol. The van der Waals surface area contributed by atoms with Gasteiger partial charge in [-0.05, 0) is 57.1 Å². The van der Waals surface area contributed by atoms with Gasteiger partial charge < -0.3 is 14.8 Å². The van der Waals surface area contributed by atoms with Gasteiger partial charge in [0, 0.05) is 19.1 Å². The van der Waals surface area contributed by atoms with Crippen molar-refractivity contribution in [2.45, 2.75) is 78.0 Å². The molecule has 1 saturated carbocycles. The van der Waals surface area contributed by atoms with Gasteiger partial charge in [-0.3, -0.25) is 9.69 Å². The van der Waals surface area contributed by atoms with Gasteiger partial charge in [-0.1, -0.05) is 38.8 Å². The lowest BCUT2D eigenvalue weighted by atomic mass is 9.78. The Hall–Kier alpha value is -1.75. The van der Waals surface area contributed by atoms with Crippen molar-refractivity contribution < 1.29 is 14.3 Å². The second-order valence-electron chi connectivity index (χ2n) is 8.79. The van der Waals surface area contributed by atoms with Gasteiger partial charge in [-0.25, -0.2) is 0 Å². The Morgan fingerprint density at radius 2 is 1.83 bits per heavy atom. The molecule has 1 aliphatic carbocycles. The van der Waals surface area contributed by atoms with Crippen molar-refractivity contribution in [3.63, 3.8) is 0 Å². The molecule has 2 aliphatic rings. The molecule has 4 unspecified atom stereocenters. The topological polar surface area (TPSA) is 50.8 Å². The molecular formula is C24H38N2O3. The zero-order valence-electron chi connectivity index (χ0n) is 18.5. The van der Waals surface area contributed by atoms with Crippen LogP contribution in [-0.2, 0) is 4.79 Å². The highest BCUT2D eigenvalue weighted by molar-refractivity contribution is 5.81. The minimum Gasteiger partial charge on any atom is -0.490 e. The third-order valence-corrected chi connectivity index (χ3v) is 6.88. The predicted octanol–water partition coefficient (Wildman–Crippen LogP) is 4.26. The number of likely N-dealkylation sites (tertiary alicyclic amines) is 1. The van der Waals surface area contributed by atoms with Crippen LogP contribution in [0.4, 0.5) is 0 Å². The van der Waals surface area contributed by atoms with E-state index in [0.717, 1.165) is 43.9 Å². The van der Waals surface area contributed by atoms with Crippen LogP contribution in [0, 0.1) is 11.8 Å². The number of nitrogens with zero attached hydrogens (tertiary/aromatic N) is 1. The highest BCUT2D eigenvalue weighted by atomic mass is 16.5. The van der Waals surface area contributed by atoms with Crippen LogP contribution in [0.15, 0.2) is 24.3 Å². The third kappa shape index (κ3) is 5.65. The number of carbonyl (C=O) groups excluding carboxylic acids is 1. The molecule has 0 spiro atoms. The number of rotatable bonds is 7. The first-order chi connectivity index (χ1) is 14.0. The van der Waals surface area contributed by atoms with Crippen LogP contribution in [0.2, 0.25) is 0 Å². The lowest BCUT2D eigenvalue weighted by Crippen LogP contribution is -2.53. The highest BCUT2D eigenvalue weighted by Gasteiger charge is 2.32. The third-order valence-electron chi connectivity index (χ3n) is 6.88. The van der Waals surface area contributed by atoms with Crippen molar-refractivity contribution >= 4 is 5.91 Å². The smallest absolute Gasteiger partial charge is 0.237 e. The number of nitrogens with one attached hydrogen (secondary N) is 1. The molecule has 1 heterocycles. The number of piperidine rings is 1. The molecule has 1 amide bonds. The van der Waals surface area contributed by atoms with E-state index in [0.29, 0.717) is 24.5 Å². The van der Waals surface area contributed by atoms with E-state index in [1.165, 1.54) is 12.8 Å². The minimum absolute atomic E-state index is 0.0870. The Morgan fingerprint density at radius 3 is 2.52 bits per heavy atom. The molecule has 0 aromatic heterocycles. The van der Waals surface area contributed by atoms with Crippen molar-refractivity contribution in [1.29, 1.82) is 0 Å². The molecule has 1 aromatic carbocycles. The molecule has 1 aromatic rings. The average Bonchev–Trinajstić information content (AvgIpc) is 2.73. The van der Waals surface area contributed by atoms with Crippen molar-refractivity contribution in [2.75, 3.05) is 19.7 Å². The van der Waals surface area contributed by atoms with Gasteiger partial charge in [0.25, 0.3) is 0 Å². The summed E-state index contributed by atoms with van der Waals surface area (Å²) in [4.78, 5) is 15.1. The van der Waals surface area contributed by atoms with E-state index < -0.39 is 0 Å². The summed E-state index contributed by atoms with van der Waals surface area (Å²) < 4.78 is 11.9. The Balaban J connectivity index is 1.48. The SMILES string of the molecule is CCOc1ccccc1OC1CCN(C(C)C(=O)NC2CCCC(C)C2C)CC1. The maximum absolute atomic E-state index is 12.9. The Labute approximate surface area is 176 Å². The zero-order valence-corrected chi connectivity index (χ0v) is 18.5. The fourth-order valence-electron chi connectivity index (χ4n) is 4.64. The van der Waals surface area contributed by atoms with Gasteiger partial charge in [-0.15, -0.1) is 0 Å². The largest absolute Gasteiger partial charge is 0.490 e. The number of para-hydroxylation sites is 2. The number of hydrogen-bond acceptors (Lipinski definition) is 4. The van der Waals surface area contributed by atoms with E-state index in [2.05, 4.69) is 24.1 Å². The summed E-state index contributed by atoms with van der Waals surface area (Å²) in [6.07, 6.45) is 5.63. The van der Waals surface area contributed by atoms with Gasteiger partial charge in [-0.2, -0.15) is 0 Å². The van der Waals surface area contributed by atoms with Crippen molar-refractivity contribution in [3.05, 3.63) is 24.3 Å². The second-order valence-corrected chi connectivity index (χ2v) is 8.79. The van der Waals surface area contributed by atoms with Crippen molar-refractivity contribution in [2.24, 2.45) is 11.8 Å². The Kier molecular flexibility index (Phi) is 7.82. The first kappa shape index (κ1) is 21.9. The molecule has 0 bridgehead atoms. The lowest BCUT2D eigenvalue weighted by Gasteiger charge is -2.38. The monoisotopic (exact) mass is 402 g/mol. The molecule has 5 heteroatoms. The van der Waals surface area contributed by atoms with Gasteiger partial charge >= 0.3 is 0 Å². The van der Waals surface area contributed by atoms with Crippen molar-refractivity contribution in [3.8, 4) is 11.5 Å². The van der Waals surface area contributed by atoms with E-state index in [-0.39, 0.29) is 18.1 Å². The molecular weight excluding hydrogens is 364 g/mol. The molecule has 0 radical (unpaired) electrons. The Morgan fingerprint density at radius 1 is 1.14 bits per heavy atom. The Bertz CT molecular complexity index is 657. The number of ether oxygens (including phenoxy) is 2. The quantitative estimate of drug-likeness (QED) is 0.740. The summed E-state index contributed by atoms with van der Waals surface area (Å²) in [5.74, 6) is 3.05. The number of hydrogen-bond donors (Lipinski definition) is 1. The summed E-state index contributed by atoms with van der Waals surface area (Å²) in [6, 6.07) is 8.11. The molecule has 1 aliphatic heterocycles. The molecule has 29 heavy (non-hydrogen) atoms. The molecule has 1 saturated heterocycles. The fraction of sp³-hybridized carbons (Fsp3) is 0.708. The van der Waals surface area contributed by atoms with Crippen LogP contribution >= 0.6 is 0 Å². The van der Waals surface area contributed by atoms with Gasteiger partial charge in [0.15, 0.2) is 11.5 Å². The average molecular weight is 403 g/mol. The normalized spacial score (nSPS) is 27.2. The summed E-state index contributed by atoms with van der Waals surface area (Å²) in [7, 11) is 0. The number of amides is 1. The molecule has 1 N–H and O–H groups in total. The lowest BCUT2D eigenvalue weighted by molar-refractivity contribution is -0.128. The van der Waals surface area contributed by atoms with Crippen LogP contribution in [-0.4, -0.2) is 48.7 Å². The van der Waals surface area contributed by atoms with E-state index in [4.69, 9.17) is 9.47 Å². The summed E-state index contributed by atoms with van der Waals surface area (Å²) >= 11 is 0. The summed E-state index contributed by atoms with van der Waals surface area (Å²) in [5, 5.41) is 3.34. The first-order valence-corrected chi connectivity index (χ1v) is 11.4. The fourth-order valence-corrected chi connectivity index (χ4v) is 4.64. The molecule has 162 valence electrons.